The van der Waals surface area contributed by atoms with Crippen LogP contribution < -0.4 is 10.6 Å². The first kappa shape index (κ1) is 11.7. The average Bonchev–Trinajstić information content (AvgIpc) is 2.73. The number of hydrogen-bond donors (Lipinski definition) is 2. The van der Waals surface area contributed by atoms with Crippen molar-refractivity contribution in [2.75, 3.05) is 23.7 Å². The Morgan fingerprint density at radius 3 is 2.78 bits per heavy atom. The van der Waals surface area contributed by atoms with E-state index < -0.39 is 0 Å². The van der Waals surface area contributed by atoms with Crippen molar-refractivity contribution in [2.24, 2.45) is 0 Å². The average molecular weight is 262 g/mol. The van der Waals surface area contributed by atoms with E-state index in [-0.39, 0.29) is 0 Å². The molecule has 0 aliphatic carbocycles. The molecule has 96 valence electrons. The number of nitrogens with two attached hydrogens (primary N) is 1. The zero-order chi connectivity index (χ0) is 12.7. The predicted molar refractivity (Wildman–Crippen MR) is 79.2 cm³/mol. The van der Waals surface area contributed by atoms with Gasteiger partial charge in [0.2, 0.25) is 0 Å². The lowest BCUT2D eigenvalue weighted by atomic mass is 10.1. The lowest BCUT2D eigenvalue weighted by Crippen LogP contribution is -2.40. The van der Waals surface area contributed by atoms with E-state index in [0.29, 0.717) is 10.5 Å². The molecule has 3 N–H and O–H groups in total. The fraction of sp³-hybridized carbons (Fsp3) is 0.462. The highest BCUT2D eigenvalue weighted by Crippen LogP contribution is 2.33. The summed E-state index contributed by atoms with van der Waals surface area (Å²) in [6, 6.07) is 4.12. The van der Waals surface area contributed by atoms with Crippen molar-refractivity contribution >= 4 is 34.0 Å². The van der Waals surface area contributed by atoms with Crippen LogP contribution in [0.25, 0.3) is 10.9 Å². The molecule has 2 heterocycles. The molecule has 2 atom stereocenters. The Hall–Kier alpha value is -1.36. The first-order chi connectivity index (χ1) is 8.63. The van der Waals surface area contributed by atoms with Crippen LogP contribution in [0, 0.1) is 0 Å². The highest BCUT2D eigenvalue weighted by atomic mass is 32.2. The number of aromatic nitrogens is 2. The lowest BCUT2D eigenvalue weighted by molar-refractivity contribution is 0.729. The van der Waals surface area contributed by atoms with Crippen LogP contribution in [0.15, 0.2) is 18.3 Å². The van der Waals surface area contributed by atoms with Crippen LogP contribution in [0.2, 0.25) is 0 Å². The number of nitrogen functional groups attached to an aromatic ring is 1. The van der Waals surface area contributed by atoms with Crippen LogP contribution in [-0.2, 0) is 0 Å². The largest absolute Gasteiger partial charge is 0.397 e. The van der Waals surface area contributed by atoms with Gasteiger partial charge in [-0.15, -0.1) is 0 Å². The normalized spacial score (nSPS) is 24.7. The Bertz CT molecular complexity index is 555. The van der Waals surface area contributed by atoms with E-state index in [0.717, 1.165) is 35.4 Å². The zero-order valence-electron chi connectivity index (χ0n) is 10.7. The minimum Gasteiger partial charge on any atom is -0.397 e. The maximum absolute atomic E-state index is 6.18. The second kappa shape index (κ2) is 4.39. The van der Waals surface area contributed by atoms with Crippen LogP contribution in [-0.4, -0.2) is 33.8 Å². The molecule has 5 heteroatoms. The number of anilines is 2. The van der Waals surface area contributed by atoms with Gasteiger partial charge in [0.1, 0.15) is 0 Å². The summed E-state index contributed by atoms with van der Waals surface area (Å²) in [5, 5.41) is 9.43. The summed E-state index contributed by atoms with van der Waals surface area (Å²) in [6.07, 6.45) is 1.81. The quantitative estimate of drug-likeness (QED) is 0.775. The summed E-state index contributed by atoms with van der Waals surface area (Å²) in [7, 11) is 0. The summed E-state index contributed by atoms with van der Waals surface area (Å²) in [5.41, 5.74) is 9.20. The SMILES string of the molecule is CC1CN(c2cc3[nH]ncc3cc2N)CC(C)S1. The monoisotopic (exact) mass is 262 g/mol. The highest BCUT2D eigenvalue weighted by molar-refractivity contribution is 8.00. The molecule has 0 spiro atoms. The predicted octanol–water partition coefficient (Wildman–Crippen LogP) is 2.48. The number of nitrogens with zero attached hydrogens (tertiary/aromatic N) is 2. The van der Waals surface area contributed by atoms with Gasteiger partial charge in [-0.2, -0.15) is 16.9 Å². The second-order valence-electron chi connectivity index (χ2n) is 5.03. The smallest absolute Gasteiger partial charge is 0.0672 e. The van der Waals surface area contributed by atoms with Crippen molar-refractivity contribution in [3.63, 3.8) is 0 Å². The van der Waals surface area contributed by atoms with Crippen LogP contribution in [0.1, 0.15) is 13.8 Å². The molecule has 1 aliphatic heterocycles. The van der Waals surface area contributed by atoms with Gasteiger partial charge in [-0.25, -0.2) is 0 Å². The van der Waals surface area contributed by atoms with Gasteiger partial charge in [-0.1, -0.05) is 13.8 Å². The molecular weight excluding hydrogens is 244 g/mol. The third-order valence-corrected chi connectivity index (χ3v) is 4.58. The van der Waals surface area contributed by atoms with E-state index in [9.17, 15) is 0 Å². The van der Waals surface area contributed by atoms with E-state index in [2.05, 4.69) is 35.0 Å². The molecule has 2 unspecified atom stereocenters. The number of nitrogens with one attached hydrogen (secondary N) is 1. The van der Waals surface area contributed by atoms with E-state index in [1.807, 2.05) is 24.0 Å². The maximum Gasteiger partial charge on any atom is 0.0672 e. The van der Waals surface area contributed by atoms with Crippen LogP contribution >= 0.6 is 11.8 Å². The molecule has 2 aromatic rings. The molecule has 0 amide bonds. The van der Waals surface area contributed by atoms with Crippen molar-refractivity contribution in [3.05, 3.63) is 18.3 Å². The van der Waals surface area contributed by atoms with E-state index in [1.54, 1.807) is 0 Å². The Morgan fingerprint density at radius 2 is 2.06 bits per heavy atom. The molecule has 4 nitrogen and oxygen atoms in total. The Balaban J connectivity index is 1.99. The standard InChI is InChI=1S/C13H18N4S/c1-8-6-17(7-9(2)18-8)13-4-12-10(3-11(13)14)5-15-16-12/h3-5,8-9H,6-7,14H2,1-2H3,(H,15,16). The maximum atomic E-state index is 6.18. The summed E-state index contributed by atoms with van der Waals surface area (Å²) in [4.78, 5) is 2.39. The molecule has 3 rings (SSSR count). The first-order valence-electron chi connectivity index (χ1n) is 6.26. The summed E-state index contributed by atoms with van der Waals surface area (Å²) in [6.45, 7) is 6.66. The lowest BCUT2D eigenvalue weighted by Gasteiger charge is -2.36. The van der Waals surface area contributed by atoms with E-state index in [4.69, 9.17) is 5.73 Å². The fourth-order valence-electron chi connectivity index (χ4n) is 2.65. The topological polar surface area (TPSA) is 57.9 Å². The Labute approximate surface area is 111 Å². The van der Waals surface area contributed by atoms with Gasteiger partial charge in [0.15, 0.2) is 0 Å². The minimum absolute atomic E-state index is 0.644. The third kappa shape index (κ3) is 2.03. The summed E-state index contributed by atoms with van der Waals surface area (Å²) in [5.74, 6) is 0. The van der Waals surface area contributed by atoms with Crippen molar-refractivity contribution < 1.29 is 0 Å². The molecule has 0 radical (unpaired) electrons. The zero-order valence-corrected chi connectivity index (χ0v) is 11.5. The molecule has 0 saturated carbocycles. The van der Waals surface area contributed by atoms with E-state index in [1.165, 1.54) is 0 Å². The van der Waals surface area contributed by atoms with Gasteiger partial charge in [-0.3, -0.25) is 5.10 Å². The van der Waals surface area contributed by atoms with Gasteiger partial charge in [0.25, 0.3) is 0 Å². The first-order valence-corrected chi connectivity index (χ1v) is 7.21. The Kier molecular flexibility index (Phi) is 2.86. The molecule has 1 fully saturated rings. The number of benzene rings is 1. The van der Waals surface area contributed by atoms with E-state index >= 15 is 0 Å². The van der Waals surface area contributed by atoms with Gasteiger partial charge < -0.3 is 10.6 Å². The number of fused-ring (bicyclic) bond motifs is 1. The van der Waals surface area contributed by atoms with Crippen molar-refractivity contribution in [1.82, 2.24) is 10.2 Å². The van der Waals surface area contributed by atoms with Crippen LogP contribution in [0.3, 0.4) is 0 Å². The van der Waals surface area contributed by atoms with Gasteiger partial charge >= 0.3 is 0 Å². The number of thioether (sulfide) groups is 1. The fourth-order valence-corrected chi connectivity index (χ4v) is 3.97. The molecule has 1 aromatic carbocycles. The Morgan fingerprint density at radius 1 is 1.33 bits per heavy atom. The summed E-state index contributed by atoms with van der Waals surface area (Å²) >= 11 is 2.05. The number of H-pyrrole nitrogens is 1. The molecule has 18 heavy (non-hydrogen) atoms. The molecule has 1 aromatic heterocycles. The van der Waals surface area contributed by atoms with Gasteiger partial charge in [0.05, 0.1) is 23.1 Å². The van der Waals surface area contributed by atoms with Gasteiger partial charge in [-0.05, 0) is 12.1 Å². The van der Waals surface area contributed by atoms with Crippen molar-refractivity contribution in [3.8, 4) is 0 Å². The third-order valence-electron chi connectivity index (χ3n) is 3.35. The molecule has 0 bridgehead atoms. The summed E-state index contributed by atoms with van der Waals surface area (Å²) < 4.78 is 0. The minimum atomic E-state index is 0.644. The van der Waals surface area contributed by atoms with Crippen LogP contribution in [0.4, 0.5) is 11.4 Å². The number of hydrogen-bond acceptors (Lipinski definition) is 4. The molecular formula is C13H18N4S. The van der Waals surface area contributed by atoms with Crippen molar-refractivity contribution in [1.29, 1.82) is 0 Å². The number of rotatable bonds is 1. The van der Waals surface area contributed by atoms with Crippen LogP contribution in [0.5, 0.6) is 0 Å². The second-order valence-corrected chi connectivity index (χ2v) is 6.91. The van der Waals surface area contributed by atoms with Gasteiger partial charge in [0, 0.05) is 29.0 Å². The highest BCUT2D eigenvalue weighted by Gasteiger charge is 2.23. The van der Waals surface area contributed by atoms with Crippen molar-refractivity contribution in [2.45, 2.75) is 24.3 Å². The molecule has 1 saturated heterocycles. The molecule has 1 aliphatic rings. The number of aromatic amines is 1.